The van der Waals surface area contributed by atoms with Crippen molar-refractivity contribution in [1.29, 1.82) is 0 Å². The van der Waals surface area contributed by atoms with Gasteiger partial charge in [-0.1, -0.05) is 38.1 Å². The quantitative estimate of drug-likeness (QED) is 0.298. The van der Waals surface area contributed by atoms with Crippen LogP contribution in [0, 0.1) is 17.8 Å². The van der Waals surface area contributed by atoms with E-state index in [1.807, 2.05) is 48.6 Å². The lowest BCUT2D eigenvalue weighted by Gasteiger charge is -2.28. The minimum atomic E-state index is -3.85. The fourth-order valence-electron chi connectivity index (χ4n) is 8.71. The Labute approximate surface area is 334 Å². The zero-order valence-corrected chi connectivity index (χ0v) is 33.8. The largest absolute Gasteiger partial charge is 0.497 e. The molecule has 4 fully saturated rings. The van der Waals surface area contributed by atoms with E-state index < -0.39 is 44.8 Å². The Balaban J connectivity index is 1.09. The van der Waals surface area contributed by atoms with E-state index in [1.165, 1.54) is 0 Å². The maximum Gasteiger partial charge on any atom is 0.259 e. The number of sulfonamides is 1. The average Bonchev–Trinajstić information content (AvgIpc) is 4.13. The van der Waals surface area contributed by atoms with Gasteiger partial charge in [-0.25, -0.2) is 13.4 Å². The monoisotopic (exact) mass is 799 g/mol. The van der Waals surface area contributed by atoms with E-state index in [1.54, 1.807) is 12.0 Å². The summed E-state index contributed by atoms with van der Waals surface area (Å²) in [6.07, 6.45) is 7.63. The summed E-state index contributed by atoms with van der Waals surface area (Å²) in [6.45, 7) is 7.45. The minimum Gasteiger partial charge on any atom is -0.497 e. The van der Waals surface area contributed by atoms with E-state index in [9.17, 15) is 22.8 Å². The summed E-state index contributed by atoms with van der Waals surface area (Å²) in [7, 11) is -2.23. The number of hydrogen-bond donors (Lipinski definition) is 2. The number of benzene rings is 2. The molecule has 0 bridgehead atoms. The molecule has 3 aromatic rings. The molecule has 8 rings (SSSR count). The van der Waals surface area contributed by atoms with Crippen molar-refractivity contribution in [1.82, 2.24) is 19.9 Å². The van der Waals surface area contributed by atoms with Gasteiger partial charge in [0.05, 0.1) is 37.8 Å². The summed E-state index contributed by atoms with van der Waals surface area (Å²) < 4.78 is 45.8. The summed E-state index contributed by atoms with van der Waals surface area (Å²) in [5.74, 6) is -0.246. The van der Waals surface area contributed by atoms with Gasteiger partial charge in [-0.05, 0) is 92.1 Å². The molecule has 2 saturated carbocycles. The number of pyridine rings is 1. The molecule has 2 N–H and O–H groups in total. The molecule has 14 heteroatoms. The summed E-state index contributed by atoms with van der Waals surface area (Å²) in [5, 5.41) is 3.99. The Morgan fingerprint density at radius 2 is 1.77 bits per heavy atom. The number of aromatic nitrogens is 1. The van der Waals surface area contributed by atoms with Crippen molar-refractivity contribution in [2.45, 2.75) is 88.1 Å². The molecule has 2 saturated heterocycles. The lowest BCUT2D eigenvalue weighted by molar-refractivity contribution is -0.140. The van der Waals surface area contributed by atoms with Gasteiger partial charge in [-0.2, -0.15) is 0 Å². The molecule has 5 aliphatic rings. The lowest BCUT2D eigenvalue weighted by Crippen LogP contribution is -2.56. The SMILES string of the molecule is COc1ccc2c(O[C@@H]3C[C@H]4C(=O)N[C@]5(C(=O)NS(=O)(=O)C6CC6)C[C@H]5/C=C\CC[C@@H](C)C[C@@H](C)CC(=O)N4C3)nc(-c3ccc(N4CCOCC4)cc3)cc2c1. The second kappa shape index (κ2) is 15.9. The van der Waals surface area contributed by atoms with E-state index in [2.05, 4.69) is 40.9 Å². The fourth-order valence-corrected chi connectivity index (χ4v) is 10.1. The van der Waals surface area contributed by atoms with E-state index in [0.29, 0.717) is 49.3 Å². The van der Waals surface area contributed by atoms with Gasteiger partial charge in [0.25, 0.3) is 5.91 Å². The number of morpholine rings is 1. The smallest absolute Gasteiger partial charge is 0.259 e. The number of methoxy groups -OCH3 is 1. The first kappa shape index (κ1) is 39.2. The second-order valence-electron chi connectivity index (χ2n) is 16.7. The van der Waals surface area contributed by atoms with Crippen LogP contribution in [-0.4, -0.2) is 98.9 Å². The van der Waals surface area contributed by atoms with Crippen LogP contribution < -0.4 is 24.4 Å². The molecule has 0 spiro atoms. The third kappa shape index (κ3) is 8.48. The lowest BCUT2D eigenvalue weighted by atomic mass is 9.91. The second-order valence-corrected chi connectivity index (χ2v) is 18.6. The molecule has 57 heavy (non-hydrogen) atoms. The maximum absolute atomic E-state index is 14.4. The van der Waals surface area contributed by atoms with E-state index >= 15 is 0 Å². The van der Waals surface area contributed by atoms with Gasteiger partial charge in [0.1, 0.15) is 23.4 Å². The molecular weight excluding hydrogens is 747 g/mol. The van der Waals surface area contributed by atoms with Crippen LogP contribution in [0.3, 0.4) is 0 Å². The number of nitrogens with zero attached hydrogens (tertiary/aromatic N) is 3. The predicted octanol–water partition coefficient (Wildman–Crippen LogP) is 4.98. The van der Waals surface area contributed by atoms with Crippen molar-refractivity contribution in [3.63, 3.8) is 0 Å². The Morgan fingerprint density at radius 3 is 2.51 bits per heavy atom. The van der Waals surface area contributed by atoms with Crippen LogP contribution in [0.5, 0.6) is 11.6 Å². The summed E-state index contributed by atoms with van der Waals surface area (Å²) >= 11 is 0. The minimum absolute atomic E-state index is 0.0929. The number of carbonyl (C=O) groups excluding carboxylic acids is 3. The number of amides is 3. The fraction of sp³-hybridized carbons (Fsp3) is 0.535. The number of carbonyl (C=O) groups is 3. The van der Waals surface area contributed by atoms with Crippen molar-refractivity contribution < 1.29 is 37.0 Å². The summed E-state index contributed by atoms with van der Waals surface area (Å²) in [6, 6.07) is 15.0. The average molecular weight is 800 g/mol. The van der Waals surface area contributed by atoms with Gasteiger partial charge in [0.15, 0.2) is 0 Å². The summed E-state index contributed by atoms with van der Waals surface area (Å²) in [4.78, 5) is 51.1. The Kier molecular flexibility index (Phi) is 10.9. The zero-order chi connectivity index (χ0) is 39.9. The van der Waals surface area contributed by atoms with Gasteiger partial charge < -0.3 is 29.3 Å². The number of fused-ring (bicyclic) bond motifs is 3. The van der Waals surface area contributed by atoms with Gasteiger partial charge in [-0.15, -0.1) is 0 Å². The molecule has 2 aromatic carbocycles. The molecule has 2 aliphatic carbocycles. The van der Waals surface area contributed by atoms with Gasteiger partial charge in [0.2, 0.25) is 27.7 Å². The normalized spacial score (nSPS) is 29.0. The molecule has 4 heterocycles. The van der Waals surface area contributed by atoms with Crippen LogP contribution in [0.1, 0.15) is 65.2 Å². The highest BCUT2D eigenvalue weighted by Crippen LogP contribution is 2.46. The van der Waals surface area contributed by atoms with Crippen LogP contribution in [0.25, 0.3) is 22.0 Å². The van der Waals surface area contributed by atoms with Crippen molar-refractivity contribution in [3.05, 3.63) is 60.7 Å². The van der Waals surface area contributed by atoms with Crippen LogP contribution in [0.2, 0.25) is 0 Å². The van der Waals surface area contributed by atoms with Crippen molar-refractivity contribution in [2.75, 3.05) is 44.9 Å². The highest BCUT2D eigenvalue weighted by atomic mass is 32.2. The zero-order valence-electron chi connectivity index (χ0n) is 32.9. The van der Waals surface area contributed by atoms with E-state index in [4.69, 9.17) is 19.2 Å². The molecule has 3 amide bonds. The highest BCUT2D eigenvalue weighted by Gasteiger charge is 2.62. The first-order valence-corrected chi connectivity index (χ1v) is 21.9. The van der Waals surface area contributed by atoms with Crippen LogP contribution >= 0.6 is 0 Å². The molecule has 0 unspecified atom stereocenters. The topological polar surface area (TPSA) is 156 Å². The standard InChI is InChI=1S/C43H53N5O8S/c1-27-6-4-5-7-31-25-43(31,42(51)46-57(52,53)35-13-14-35)45-40(50)38-24-34(26-48(38)39(49)21-28(2)20-27)56-41-36-15-12-33(54-3)22-30(36)23-37(44-41)29-8-10-32(11-9-29)47-16-18-55-19-17-47/h5,7-12,15,22-23,27-28,31,34-35,38H,4,6,13-14,16-21,24-26H2,1-3H3,(H,45,50)(H,46,51)/b7-5-/t27-,28-,31-,34-,38+,43-/m1/s1. The van der Waals surface area contributed by atoms with E-state index in [0.717, 1.165) is 54.4 Å². The third-order valence-corrected chi connectivity index (χ3v) is 14.0. The van der Waals surface area contributed by atoms with Crippen LogP contribution in [-0.2, 0) is 29.1 Å². The molecule has 0 radical (unpaired) electrons. The molecule has 6 atom stereocenters. The molecule has 13 nitrogen and oxygen atoms in total. The number of hydrogen-bond acceptors (Lipinski definition) is 10. The number of ether oxygens (including phenoxy) is 3. The van der Waals surface area contributed by atoms with Gasteiger partial charge >= 0.3 is 0 Å². The Bertz CT molecular complexity index is 2150. The third-order valence-electron chi connectivity index (χ3n) is 12.2. The van der Waals surface area contributed by atoms with Crippen molar-refractivity contribution in [3.8, 4) is 22.9 Å². The van der Waals surface area contributed by atoms with Crippen molar-refractivity contribution >= 4 is 44.2 Å². The van der Waals surface area contributed by atoms with E-state index in [-0.39, 0.29) is 43.6 Å². The van der Waals surface area contributed by atoms with Crippen molar-refractivity contribution in [2.24, 2.45) is 17.8 Å². The number of allylic oxidation sites excluding steroid dienone is 1. The number of rotatable bonds is 8. The number of nitrogens with one attached hydrogen (secondary N) is 2. The van der Waals surface area contributed by atoms with Gasteiger partial charge in [-0.3, -0.25) is 19.1 Å². The Hall–Kier alpha value is -4.69. The Morgan fingerprint density at radius 1 is 1.00 bits per heavy atom. The molecular formula is C43H53N5O8S. The highest BCUT2D eigenvalue weighted by molar-refractivity contribution is 7.91. The summed E-state index contributed by atoms with van der Waals surface area (Å²) in [5.41, 5.74) is 1.29. The van der Waals surface area contributed by atoms with Crippen LogP contribution in [0.15, 0.2) is 60.7 Å². The number of anilines is 1. The first-order valence-electron chi connectivity index (χ1n) is 20.3. The predicted molar refractivity (Wildman–Crippen MR) is 216 cm³/mol. The molecule has 1 aromatic heterocycles. The maximum atomic E-state index is 14.4. The first-order chi connectivity index (χ1) is 27.4. The molecule has 3 aliphatic heterocycles. The van der Waals surface area contributed by atoms with Crippen LogP contribution in [0.4, 0.5) is 5.69 Å². The molecule has 304 valence electrons. The van der Waals surface area contributed by atoms with Gasteiger partial charge in [0, 0.05) is 48.5 Å².